The number of nitrogens with zero attached hydrogens (tertiary/aromatic N) is 4. The summed E-state index contributed by atoms with van der Waals surface area (Å²) < 4.78 is 5.84. The zero-order chi connectivity index (χ0) is 14.7. The largest absolute Gasteiger partial charge is 0.488 e. The molecule has 2 aromatic heterocycles. The average Bonchev–Trinajstić information content (AvgIpc) is 2.97. The summed E-state index contributed by atoms with van der Waals surface area (Å²) in [7, 11) is 0. The molecule has 0 radical (unpaired) electrons. The highest BCUT2D eigenvalue weighted by Crippen LogP contribution is 2.18. The molecule has 1 atom stereocenters. The number of rotatable bonds is 3. The molecule has 6 nitrogen and oxygen atoms in total. The third-order valence-electron chi connectivity index (χ3n) is 3.38. The molecule has 2 aromatic rings. The zero-order valence-corrected chi connectivity index (χ0v) is 11.8. The summed E-state index contributed by atoms with van der Waals surface area (Å²) in [5.41, 5.74) is 1.18. The van der Waals surface area contributed by atoms with Gasteiger partial charge in [0.1, 0.15) is 17.5 Å². The number of aryl methyl sites for hydroxylation is 1. The fourth-order valence-electron chi connectivity index (χ4n) is 2.28. The number of likely N-dealkylation sites (tertiary alicyclic amines) is 1. The first kappa shape index (κ1) is 13.5. The van der Waals surface area contributed by atoms with Crippen LogP contribution in [0.15, 0.2) is 36.9 Å². The Hall–Kier alpha value is -2.50. The molecule has 1 aliphatic heterocycles. The Bertz CT molecular complexity index is 615. The van der Waals surface area contributed by atoms with Crippen molar-refractivity contribution < 1.29 is 9.53 Å². The van der Waals surface area contributed by atoms with E-state index in [-0.39, 0.29) is 12.0 Å². The molecule has 1 amide bonds. The van der Waals surface area contributed by atoms with Crippen molar-refractivity contribution in [1.82, 2.24) is 19.9 Å². The summed E-state index contributed by atoms with van der Waals surface area (Å²) in [6.07, 6.45) is 7.33. The maximum atomic E-state index is 12.3. The van der Waals surface area contributed by atoms with Crippen LogP contribution in [0.4, 0.5) is 0 Å². The summed E-state index contributed by atoms with van der Waals surface area (Å²) in [6.45, 7) is 3.08. The van der Waals surface area contributed by atoms with Gasteiger partial charge in [-0.2, -0.15) is 0 Å². The van der Waals surface area contributed by atoms with Crippen LogP contribution in [-0.4, -0.2) is 45.0 Å². The van der Waals surface area contributed by atoms with Crippen molar-refractivity contribution in [2.75, 3.05) is 13.1 Å². The first-order chi connectivity index (χ1) is 10.2. The summed E-state index contributed by atoms with van der Waals surface area (Å²) in [4.78, 5) is 26.3. The second-order valence-corrected chi connectivity index (χ2v) is 5.01. The number of amides is 1. The first-order valence-electron chi connectivity index (χ1n) is 6.87. The van der Waals surface area contributed by atoms with E-state index in [1.54, 1.807) is 23.5 Å². The first-order valence-corrected chi connectivity index (χ1v) is 6.87. The third kappa shape index (κ3) is 3.16. The quantitative estimate of drug-likeness (QED) is 0.854. The Balaban J connectivity index is 1.61. The number of ether oxygens (including phenoxy) is 1. The smallest absolute Gasteiger partial charge is 0.274 e. The van der Waals surface area contributed by atoms with E-state index in [4.69, 9.17) is 4.74 Å². The molecular weight excluding hydrogens is 268 g/mol. The van der Waals surface area contributed by atoms with Crippen molar-refractivity contribution in [3.63, 3.8) is 0 Å². The topological polar surface area (TPSA) is 68.2 Å². The number of hydrogen-bond donors (Lipinski definition) is 0. The lowest BCUT2D eigenvalue weighted by molar-refractivity contribution is 0.0766. The van der Waals surface area contributed by atoms with E-state index < -0.39 is 0 Å². The molecule has 0 unspecified atom stereocenters. The van der Waals surface area contributed by atoms with Gasteiger partial charge in [0.05, 0.1) is 18.4 Å². The van der Waals surface area contributed by atoms with E-state index in [2.05, 4.69) is 15.0 Å². The second kappa shape index (κ2) is 5.87. The summed E-state index contributed by atoms with van der Waals surface area (Å²) in [6, 6.07) is 3.63. The number of carbonyl (C=O) groups excluding carboxylic acids is 1. The van der Waals surface area contributed by atoms with Gasteiger partial charge in [0, 0.05) is 31.6 Å². The maximum absolute atomic E-state index is 12.3. The predicted molar refractivity (Wildman–Crippen MR) is 75.9 cm³/mol. The summed E-state index contributed by atoms with van der Waals surface area (Å²) >= 11 is 0. The van der Waals surface area contributed by atoms with Crippen molar-refractivity contribution in [2.45, 2.75) is 19.4 Å². The van der Waals surface area contributed by atoms with Crippen LogP contribution >= 0.6 is 0 Å². The Labute approximate surface area is 122 Å². The van der Waals surface area contributed by atoms with Gasteiger partial charge in [-0.15, -0.1) is 0 Å². The van der Waals surface area contributed by atoms with Gasteiger partial charge in [-0.3, -0.25) is 14.8 Å². The molecule has 0 saturated carbocycles. The van der Waals surface area contributed by atoms with Crippen LogP contribution in [0.3, 0.4) is 0 Å². The third-order valence-corrected chi connectivity index (χ3v) is 3.38. The van der Waals surface area contributed by atoms with Crippen molar-refractivity contribution in [3.05, 3.63) is 48.3 Å². The minimum atomic E-state index is -0.0941. The molecule has 0 bridgehead atoms. The van der Waals surface area contributed by atoms with Crippen molar-refractivity contribution in [3.8, 4) is 5.75 Å². The molecule has 0 spiro atoms. The maximum Gasteiger partial charge on any atom is 0.274 e. The van der Waals surface area contributed by atoms with E-state index >= 15 is 0 Å². The molecule has 0 N–H and O–H groups in total. The summed E-state index contributed by atoms with van der Waals surface area (Å²) in [5, 5.41) is 0. The standard InChI is InChI=1S/C15H16N4O2/c1-11-8-18-14(9-17-11)15(20)19-7-4-13(10-19)21-12-2-5-16-6-3-12/h2-3,5-6,8-9,13H,4,7,10H2,1H3/t13-/m0/s1. The van der Waals surface area contributed by atoms with Gasteiger partial charge in [-0.05, 0) is 19.1 Å². The van der Waals surface area contributed by atoms with Crippen LogP contribution in [0.2, 0.25) is 0 Å². The molecule has 0 aliphatic carbocycles. The van der Waals surface area contributed by atoms with Gasteiger partial charge in [0.2, 0.25) is 0 Å². The summed E-state index contributed by atoms with van der Waals surface area (Å²) in [5.74, 6) is 0.683. The zero-order valence-electron chi connectivity index (χ0n) is 11.8. The van der Waals surface area contributed by atoms with E-state index in [1.807, 2.05) is 19.1 Å². The average molecular weight is 284 g/mol. The normalized spacial score (nSPS) is 17.8. The molecule has 1 fully saturated rings. The minimum Gasteiger partial charge on any atom is -0.488 e. The van der Waals surface area contributed by atoms with Crippen LogP contribution in [0.25, 0.3) is 0 Å². The Kier molecular flexibility index (Phi) is 3.77. The number of hydrogen-bond acceptors (Lipinski definition) is 5. The highest BCUT2D eigenvalue weighted by atomic mass is 16.5. The second-order valence-electron chi connectivity index (χ2n) is 5.01. The number of pyridine rings is 1. The lowest BCUT2D eigenvalue weighted by atomic mass is 10.3. The SMILES string of the molecule is Cc1cnc(C(=O)N2CC[C@H](Oc3ccncc3)C2)cn1. The molecule has 1 aliphatic rings. The molecule has 21 heavy (non-hydrogen) atoms. The van der Waals surface area contributed by atoms with Gasteiger partial charge in [-0.25, -0.2) is 4.98 Å². The van der Waals surface area contributed by atoms with Crippen LogP contribution in [-0.2, 0) is 0 Å². The molecule has 6 heteroatoms. The number of aromatic nitrogens is 3. The van der Waals surface area contributed by atoms with E-state index in [0.29, 0.717) is 18.8 Å². The van der Waals surface area contributed by atoms with E-state index in [0.717, 1.165) is 17.9 Å². The highest BCUT2D eigenvalue weighted by molar-refractivity contribution is 5.92. The van der Waals surface area contributed by atoms with Crippen LogP contribution < -0.4 is 4.74 Å². The Morgan fingerprint density at radius 3 is 2.81 bits per heavy atom. The molecule has 3 heterocycles. The Morgan fingerprint density at radius 2 is 2.10 bits per heavy atom. The lowest BCUT2D eigenvalue weighted by Crippen LogP contribution is -2.31. The van der Waals surface area contributed by atoms with Crippen molar-refractivity contribution in [1.29, 1.82) is 0 Å². The van der Waals surface area contributed by atoms with Gasteiger partial charge in [0.25, 0.3) is 5.91 Å². The molecule has 3 rings (SSSR count). The minimum absolute atomic E-state index is 0.00903. The lowest BCUT2D eigenvalue weighted by Gasteiger charge is -2.16. The van der Waals surface area contributed by atoms with Crippen LogP contribution in [0, 0.1) is 6.92 Å². The highest BCUT2D eigenvalue weighted by Gasteiger charge is 2.29. The van der Waals surface area contributed by atoms with Gasteiger partial charge < -0.3 is 9.64 Å². The van der Waals surface area contributed by atoms with E-state index in [9.17, 15) is 4.79 Å². The molecule has 108 valence electrons. The fourth-order valence-corrected chi connectivity index (χ4v) is 2.28. The van der Waals surface area contributed by atoms with E-state index in [1.165, 1.54) is 6.20 Å². The van der Waals surface area contributed by atoms with Crippen molar-refractivity contribution in [2.24, 2.45) is 0 Å². The fraction of sp³-hybridized carbons (Fsp3) is 0.333. The van der Waals surface area contributed by atoms with Crippen molar-refractivity contribution >= 4 is 5.91 Å². The molecule has 0 aromatic carbocycles. The van der Waals surface area contributed by atoms with Gasteiger partial charge in [-0.1, -0.05) is 0 Å². The van der Waals surface area contributed by atoms with Crippen LogP contribution in [0.5, 0.6) is 5.75 Å². The van der Waals surface area contributed by atoms with Gasteiger partial charge in [0.15, 0.2) is 0 Å². The van der Waals surface area contributed by atoms with Crippen LogP contribution in [0.1, 0.15) is 22.6 Å². The number of carbonyl (C=O) groups is 1. The predicted octanol–water partition coefficient (Wildman–Crippen LogP) is 1.47. The molecular formula is C15H16N4O2. The van der Waals surface area contributed by atoms with Gasteiger partial charge >= 0.3 is 0 Å². The molecule has 1 saturated heterocycles. The Morgan fingerprint density at radius 1 is 1.29 bits per heavy atom. The monoisotopic (exact) mass is 284 g/mol.